The normalized spacial score (nSPS) is 14.9. The van der Waals surface area contributed by atoms with Crippen molar-refractivity contribution in [1.29, 1.82) is 0 Å². The zero-order valence-electron chi connectivity index (χ0n) is 11.4. The lowest BCUT2D eigenvalue weighted by atomic mass is 10.1. The molecule has 0 saturated carbocycles. The summed E-state index contributed by atoms with van der Waals surface area (Å²) < 4.78 is 133. The van der Waals surface area contributed by atoms with Crippen LogP contribution in [0.1, 0.15) is 15.9 Å². The SMILES string of the molecule is O=C(OC(C(F)(F)F)C(F)(F)S(=O)(=O)O)c1ccc(C(F)(F)F)cc1. The third-order valence-electron chi connectivity index (χ3n) is 2.62. The number of hydrogen-bond donors (Lipinski definition) is 1. The van der Waals surface area contributed by atoms with Gasteiger partial charge in [0.1, 0.15) is 0 Å². The van der Waals surface area contributed by atoms with E-state index in [-0.39, 0.29) is 12.1 Å². The van der Waals surface area contributed by atoms with Gasteiger partial charge in [0.05, 0.1) is 11.1 Å². The molecule has 0 heterocycles. The van der Waals surface area contributed by atoms with E-state index in [1.807, 2.05) is 0 Å². The molecule has 1 aromatic carbocycles. The van der Waals surface area contributed by atoms with Crippen LogP contribution in [-0.2, 0) is 21.0 Å². The predicted octanol–water partition coefficient (Wildman–Crippen LogP) is 3.27. The smallest absolute Gasteiger partial charge is 0.432 e. The van der Waals surface area contributed by atoms with Crippen molar-refractivity contribution in [1.82, 2.24) is 0 Å². The molecular formula is C11H6F8O5S. The van der Waals surface area contributed by atoms with Gasteiger partial charge in [-0.1, -0.05) is 0 Å². The first-order chi connectivity index (χ1) is 11.0. The molecular weight excluding hydrogens is 396 g/mol. The maximum Gasteiger partial charge on any atom is 0.432 e. The molecule has 14 heteroatoms. The Kier molecular flexibility index (Phi) is 5.40. The summed E-state index contributed by atoms with van der Waals surface area (Å²) in [4.78, 5) is 11.4. The van der Waals surface area contributed by atoms with E-state index in [9.17, 15) is 48.3 Å². The van der Waals surface area contributed by atoms with Crippen molar-refractivity contribution in [2.45, 2.75) is 23.7 Å². The fourth-order valence-corrected chi connectivity index (χ4v) is 1.88. The summed E-state index contributed by atoms with van der Waals surface area (Å²) in [5, 5.41) is -5.94. The number of rotatable bonds is 4. The molecule has 0 aliphatic rings. The molecule has 0 bridgehead atoms. The fraction of sp³-hybridized carbons (Fsp3) is 0.364. The Balaban J connectivity index is 3.16. The van der Waals surface area contributed by atoms with Crippen LogP contribution < -0.4 is 0 Å². The molecule has 0 aliphatic carbocycles. The van der Waals surface area contributed by atoms with Crippen molar-refractivity contribution in [3.63, 3.8) is 0 Å². The van der Waals surface area contributed by atoms with Crippen molar-refractivity contribution in [3.05, 3.63) is 35.4 Å². The molecule has 0 amide bonds. The summed E-state index contributed by atoms with van der Waals surface area (Å²) in [6, 6.07) is 1.20. The van der Waals surface area contributed by atoms with Crippen molar-refractivity contribution in [2.75, 3.05) is 0 Å². The van der Waals surface area contributed by atoms with E-state index >= 15 is 0 Å². The van der Waals surface area contributed by atoms with Crippen molar-refractivity contribution < 1.29 is 57.6 Å². The number of carbonyl (C=O) groups excluding carboxylic acids is 1. The van der Waals surface area contributed by atoms with E-state index in [2.05, 4.69) is 4.74 Å². The van der Waals surface area contributed by atoms with Crippen LogP contribution in [0.15, 0.2) is 24.3 Å². The van der Waals surface area contributed by atoms with E-state index in [1.165, 1.54) is 0 Å². The third kappa shape index (κ3) is 4.78. The highest BCUT2D eigenvalue weighted by molar-refractivity contribution is 7.86. The van der Waals surface area contributed by atoms with Crippen LogP contribution in [0.25, 0.3) is 0 Å². The molecule has 1 unspecified atom stereocenters. The summed E-state index contributed by atoms with van der Waals surface area (Å²) in [6.07, 6.45) is -15.5. The fourth-order valence-electron chi connectivity index (χ4n) is 1.43. The van der Waals surface area contributed by atoms with E-state index in [0.29, 0.717) is 12.1 Å². The summed E-state index contributed by atoms with van der Waals surface area (Å²) in [6.45, 7) is 0. The molecule has 5 nitrogen and oxygen atoms in total. The second-order valence-corrected chi connectivity index (χ2v) is 5.93. The van der Waals surface area contributed by atoms with Crippen LogP contribution in [0.4, 0.5) is 35.1 Å². The molecule has 1 rings (SSSR count). The lowest BCUT2D eigenvalue weighted by molar-refractivity contribution is -0.248. The first kappa shape index (κ1) is 21.1. The van der Waals surface area contributed by atoms with Crippen LogP contribution in [0, 0.1) is 0 Å². The lowest BCUT2D eigenvalue weighted by Gasteiger charge is -2.26. The van der Waals surface area contributed by atoms with Crippen molar-refractivity contribution >= 4 is 16.1 Å². The van der Waals surface area contributed by atoms with Crippen molar-refractivity contribution in [3.8, 4) is 0 Å². The Labute approximate surface area is 133 Å². The number of benzene rings is 1. The molecule has 1 aromatic rings. The Bertz CT molecular complexity index is 735. The highest BCUT2D eigenvalue weighted by Gasteiger charge is 2.66. The molecule has 0 fully saturated rings. The van der Waals surface area contributed by atoms with Crippen LogP contribution >= 0.6 is 0 Å². The number of ether oxygens (including phenoxy) is 1. The van der Waals surface area contributed by atoms with E-state index in [1.54, 1.807) is 0 Å². The van der Waals surface area contributed by atoms with Gasteiger partial charge in [0, 0.05) is 0 Å². The van der Waals surface area contributed by atoms with Gasteiger partial charge in [0.25, 0.3) is 6.10 Å². The number of halogens is 8. The molecule has 1 atom stereocenters. The van der Waals surface area contributed by atoms with Gasteiger partial charge in [-0.15, -0.1) is 0 Å². The zero-order chi connectivity index (χ0) is 19.8. The molecule has 0 aliphatic heterocycles. The van der Waals surface area contributed by atoms with Gasteiger partial charge in [-0.3, -0.25) is 4.55 Å². The Hall–Kier alpha value is -1.96. The summed E-state index contributed by atoms with van der Waals surface area (Å²) >= 11 is 0. The highest BCUT2D eigenvalue weighted by atomic mass is 32.2. The Morgan fingerprint density at radius 3 is 1.72 bits per heavy atom. The predicted molar refractivity (Wildman–Crippen MR) is 63.2 cm³/mol. The topological polar surface area (TPSA) is 80.7 Å². The second-order valence-electron chi connectivity index (χ2n) is 4.44. The number of carbonyl (C=O) groups is 1. The first-order valence-electron chi connectivity index (χ1n) is 5.77. The first-order valence-corrected chi connectivity index (χ1v) is 7.21. The third-order valence-corrected chi connectivity index (χ3v) is 3.52. The minimum atomic E-state index is -6.62. The van der Waals surface area contributed by atoms with Gasteiger partial charge < -0.3 is 4.74 Å². The van der Waals surface area contributed by atoms with Gasteiger partial charge in [0.15, 0.2) is 0 Å². The monoisotopic (exact) mass is 402 g/mol. The maximum absolute atomic E-state index is 13.2. The lowest BCUT2D eigenvalue weighted by Crippen LogP contribution is -2.52. The number of esters is 1. The van der Waals surface area contributed by atoms with E-state index in [4.69, 9.17) is 4.55 Å². The Morgan fingerprint density at radius 1 is 0.960 bits per heavy atom. The minimum Gasteiger partial charge on any atom is -0.441 e. The quantitative estimate of drug-likeness (QED) is 0.475. The molecule has 1 N–H and O–H groups in total. The second kappa shape index (κ2) is 6.40. The van der Waals surface area contributed by atoms with Gasteiger partial charge in [0.2, 0.25) is 0 Å². The van der Waals surface area contributed by atoms with Gasteiger partial charge in [-0.25, -0.2) is 4.79 Å². The van der Waals surface area contributed by atoms with Crippen LogP contribution in [-0.4, -0.2) is 36.5 Å². The van der Waals surface area contributed by atoms with Gasteiger partial charge in [-0.2, -0.15) is 43.5 Å². The number of hydrogen-bond acceptors (Lipinski definition) is 4. The van der Waals surface area contributed by atoms with Crippen molar-refractivity contribution in [2.24, 2.45) is 0 Å². The maximum atomic E-state index is 13.2. The molecule has 142 valence electrons. The average molecular weight is 402 g/mol. The molecule has 0 aromatic heterocycles. The molecule has 0 spiro atoms. The molecule has 25 heavy (non-hydrogen) atoms. The summed E-state index contributed by atoms with van der Waals surface area (Å²) in [5.41, 5.74) is -2.28. The van der Waals surface area contributed by atoms with Crippen LogP contribution in [0.3, 0.4) is 0 Å². The largest absolute Gasteiger partial charge is 0.441 e. The Morgan fingerprint density at radius 2 is 1.40 bits per heavy atom. The van der Waals surface area contributed by atoms with Gasteiger partial charge >= 0.3 is 33.7 Å². The highest BCUT2D eigenvalue weighted by Crippen LogP contribution is 2.38. The van der Waals surface area contributed by atoms with E-state index in [0.717, 1.165) is 0 Å². The standard InChI is InChI=1S/C11H6F8O5S/c12-9(13,14)6-3-1-5(2-4-6)7(20)24-8(10(15,16)17)11(18,19)25(21,22)23/h1-4,8H,(H,21,22,23). The summed E-state index contributed by atoms with van der Waals surface area (Å²) in [5.74, 6) is -2.18. The molecule has 0 radical (unpaired) electrons. The zero-order valence-corrected chi connectivity index (χ0v) is 12.2. The van der Waals surface area contributed by atoms with E-state index < -0.39 is 50.9 Å². The average Bonchev–Trinajstić information content (AvgIpc) is 2.41. The molecule has 0 saturated heterocycles. The van der Waals surface area contributed by atoms with Crippen LogP contribution in [0.2, 0.25) is 0 Å². The van der Waals surface area contributed by atoms with Gasteiger partial charge in [-0.05, 0) is 24.3 Å². The summed E-state index contributed by atoms with van der Waals surface area (Å²) in [7, 11) is -6.62. The number of alkyl halides is 8. The minimum absolute atomic E-state index is 0.264. The van der Waals surface area contributed by atoms with Crippen LogP contribution in [0.5, 0.6) is 0 Å².